The van der Waals surface area contributed by atoms with Gasteiger partial charge in [0.1, 0.15) is 0 Å². The predicted octanol–water partition coefficient (Wildman–Crippen LogP) is 3.75. The third-order valence-corrected chi connectivity index (χ3v) is 3.77. The van der Waals surface area contributed by atoms with Crippen LogP contribution in [0.4, 0.5) is 11.4 Å². The summed E-state index contributed by atoms with van der Waals surface area (Å²) in [7, 11) is 0. The van der Waals surface area contributed by atoms with Crippen molar-refractivity contribution >= 4 is 35.0 Å². The van der Waals surface area contributed by atoms with Crippen molar-refractivity contribution in [3.05, 3.63) is 48.5 Å². The number of hydrogen-bond acceptors (Lipinski definition) is 3. The molecule has 21 heavy (non-hydrogen) atoms. The molecule has 2 aromatic rings. The summed E-state index contributed by atoms with van der Waals surface area (Å²) in [6, 6.07) is 15.1. The highest BCUT2D eigenvalue weighted by atomic mass is 32.2. The Morgan fingerprint density at radius 3 is 1.52 bits per heavy atom. The zero-order valence-corrected chi connectivity index (χ0v) is 12.7. The molecule has 2 rings (SSSR count). The van der Waals surface area contributed by atoms with Crippen LogP contribution in [0, 0.1) is 0 Å². The summed E-state index contributed by atoms with van der Waals surface area (Å²) in [5.74, 6) is -0.226. The van der Waals surface area contributed by atoms with Crippen LogP contribution in [0.1, 0.15) is 13.8 Å². The zero-order valence-electron chi connectivity index (χ0n) is 11.8. The molecule has 5 heteroatoms. The lowest BCUT2D eigenvalue weighted by Gasteiger charge is -2.12. The molecular formula is C16H16N2O2S. The van der Waals surface area contributed by atoms with E-state index < -0.39 is 0 Å². The van der Waals surface area contributed by atoms with E-state index in [1.54, 1.807) is 0 Å². The molecule has 4 nitrogen and oxygen atoms in total. The van der Waals surface area contributed by atoms with E-state index >= 15 is 0 Å². The maximum atomic E-state index is 11.3. The lowest BCUT2D eigenvalue weighted by atomic mass is 10.3. The molecule has 0 aliphatic carbocycles. The largest absolute Gasteiger partial charge is 0.325 e. The van der Waals surface area contributed by atoms with Gasteiger partial charge >= 0.3 is 0 Å². The van der Waals surface area contributed by atoms with Crippen molar-refractivity contribution in [2.24, 2.45) is 0 Å². The van der Waals surface area contributed by atoms with Crippen LogP contribution in [0.2, 0.25) is 0 Å². The van der Waals surface area contributed by atoms with E-state index in [9.17, 15) is 9.59 Å². The Kier molecular flexibility index (Phi) is 5.00. The number of carbonyl (C=O) groups is 2. The predicted molar refractivity (Wildman–Crippen MR) is 85.6 cm³/mol. The Morgan fingerprint density at radius 1 is 0.762 bits per heavy atom. The highest BCUT2D eigenvalue weighted by molar-refractivity contribution is 7.99. The average molecular weight is 300 g/mol. The third-order valence-electron chi connectivity index (χ3n) is 2.62. The van der Waals surface area contributed by atoms with Gasteiger partial charge in [0.15, 0.2) is 0 Å². The minimum absolute atomic E-state index is 0.113. The van der Waals surface area contributed by atoms with Crippen LogP contribution in [0.15, 0.2) is 58.3 Å². The molecule has 0 saturated carbocycles. The maximum Gasteiger partial charge on any atom is 0.221 e. The molecule has 108 valence electrons. The maximum absolute atomic E-state index is 11.3. The number of benzene rings is 2. The van der Waals surface area contributed by atoms with E-state index in [0.717, 1.165) is 21.2 Å². The van der Waals surface area contributed by atoms with Crippen molar-refractivity contribution < 1.29 is 9.59 Å². The molecule has 2 aromatic carbocycles. The summed E-state index contributed by atoms with van der Waals surface area (Å²) in [4.78, 5) is 24.3. The number of carbonyl (C=O) groups excluding carboxylic acids is 2. The van der Waals surface area contributed by atoms with Gasteiger partial charge < -0.3 is 10.6 Å². The fraction of sp³-hybridized carbons (Fsp3) is 0.125. The van der Waals surface area contributed by atoms with Gasteiger partial charge in [-0.3, -0.25) is 9.59 Å². The van der Waals surface area contributed by atoms with E-state index in [-0.39, 0.29) is 11.8 Å². The number of anilines is 2. The van der Waals surface area contributed by atoms with Crippen LogP contribution in [0.3, 0.4) is 0 Å². The Labute approximate surface area is 127 Å². The summed E-state index contributed by atoms with van der Waals surface area (Å²) in [5, 5.41) is 5.61. The fourth-order valence-electron chi connectivity index (χ4n) is 1.82. The van der Waals surface area contributed by atoms with Crippen molar-refractivity contribution in [3.63, 3.8) is 0 Å². The van der Waals surface area contributed by atoms with Crippen molar-refractivity contribution in [1.82, 2.24) is 0 Å². The molecule has 0 bridgehead atoms. The summed E-state index contributed by atoms with van der Waals surface area (Å²) in [6.07, 6.45) is 0. The van der Waals surface area contributed by atoms with Crippen molar-refractivity contribution in [2.45, 2.75) is 23.6 Å². The lowest BCUT2D eigenvalue weighted by Crippen LogP contribution is -2.07. The van der Waals surface area contributed by atoms with E-state index in [0.29, 0.717) is 0 Å². The van der Waals surface area contributed by atoms with Crippen molar-refractivity contribution in [3.8, 4) is 0 Å². The first-order valence-electron chi connectivity index (χ1n) is 6.47. The molecule has 0 aromatic heterocycles. The Balaban J connectivity index is 2.30. The molecule has 0 heterocycles. The van der Waals surface area contributed by atoms with Gasteiger partial charge in [0.2, 0.25) is 11.8 Å². The fourth-order valence-corrected chi connectivity index (χ4v) is 2.80. The van der Waals surface area contributed by atoms with Gasteiger partial charge in [-0.1, -0.05) is 36.0 Å². The Morgan fingerprint density at radius 2 is 1.14 bits per heavy atom. The molecule has 0 saturated heterocycles. The normalized spacial score (nSPS) is 10.0. The number of hydrogen-bond donors (Lipinski definition) is 2. The zero-order chi connectivity index (χ0) is 15.2. The lowest BCUT2D eigenvalue weighted by molar-refractivity contribution is -0.115. The summed E-state index contributed by atoms with van der Waals surface area (Å²) in [6.45, 7) is 2.96. The van der Waals surface area contributed by atoms with Gasteiger partial charge in [-0.25, -0.2) is 0 Å². The average Bonchev–Trinajstić information content (AvgIpc) is 2.42. The Hall–Kier alpha value is -2.27. The first-order chi connectivity index (χ1) is 10.1. The SMILES string of the molecule is CC(=O)Nc1ccccc1Sc1ccccc1NC(C)=O. The first kappa shape index (κ1) is 15.1. The molecule has 0 radical (unpaired) electrons. The van der Waals surface area contributed by atoms with Crippen molar-refractivity contribution in [1.29, 1.82) is 0 Å². The highest BCUT2D eigenvalue weighted by Gasteiger charge is 2.09. The second kappa shape index (κ2) is 6.95. The second-order valence-corrected chi connectivity index (χ2v) is 5.54. The van der Waals surface area contributed by atoms with Gasteiger partial charge in [-0.2, -0.15) is 0 Å². The molecule has 2 N–H and O–H groups in total. The van der Waals surface area contributed by atoms with Crippen LogP contribution < -0.4 is 10.6 Å². The van der Waals surface area contributed by atoms with E-state index in [4.69, 9.17) is 0 Å². The number of para-hydroxylation sites is 2. The summed E-state index contributed by atoms with van der Waals surface area (Å²) < 4.78 is 0. The number of nitrogens with one attached hydrogen (secondary N) is 2. The smallest absolute Gasteiger partial charge is 0.221 e. The van der Waals surface area contributed by atoms with Gasteiger partial charge in [0, 0.05) is 23.6 Å². The standard InChI is InChI=1S/C16H16N2O2S/c1-11(19)17-13-7-3-5-9-15(13)21-16-10-6-4-8-14(16)18-12(2)20/h3-10H,1-2H3,(H,17,19)(H,18,20). The molecule has 0 spiro atoms. The first-order valence-corrected chi connectivity index (χ1v) is 7.29. The van der Waals surface area contributed by atoms with Gasteiger partial charge in [0.25, 0.3) is 0 Å². The molecule has 2 amide bonds. The van der Waals surface area contributed by atoms with Crippen LogP contribution in [-0.4, -0.2) is 11.8 Å². The van der Waals surface area contributed by atoms with E-state index in [2.05, 4.69) is 10.6 Å². The molecular weight excluding hydrogens is 284 g/mol. The summed E-state index contributed by atoms with van der Waals surface area (Å²) in [5.41, 5.74) is 1.51. The number of rotatable bonds is 4. The Bertz CT molecular complexity index is 613. The minimum atomic E-state index is -0.113. The monoisotopic (exact) mass is 300 g/mol. The van der Waals surface area contributed by atoms with E-state index in [1.165, 1.54) is 25.6 Å². The van der Waals surface area contributed by atoms with Gasteiger partial charge in [-0.15, -0.1) is 0 Å². The molecule has 0 aliphatic heterocycles. The molecule has 0 unspecified atom stereocenters. The summed E-state index contributed by atoms with van der Waals surface area (Å²) >= 11 is 1.50. The van der Waals surface area contributed by atoms with E-state index in [1.807, 2.05) is 48.5 Å². The minimum Gasteiger partial charge on any atom is -0.325 e. The van der Waals surface area contributed by atoms with Gasteiger partial charge in [0.05, 0.1) is 11.4 Å². The van der Waals surface area contributed by atoms with Crippen LogP contribution >= 0.6 is 11.8 Å². The van der Waals surface area contributed by atoms with Crippen LogP contribution in [0.25, 0.3) is 0 Å². The van der Waals surface area contributed by atoms with Crippen LogP contribution in [-0.2, 0) is 9.59 Å². The van der Waals surface area contributed by atoms with Gasteiger partial charge in [-0.05, 0) is 24.3 Å². The quantitative estimate of drug-likeness (QED) is 0.904. The highest BCUT2D eigenvalue weighted by Crippen LogP contribution is 2.37. The third kappa shape index (κ3) is 4.36. The number of amides is 2. The van der Waals surface area contributed by atoms with Crippen molar-refractivity contribution in [2.75, 3.05) is 10.6 Å². The molecule has 0 fully saturated rings. The molecule has 0 aliphatic rings. The van der Waals surface area contributed by atoms with Crippen LogP contribution in [0.5, 0.6) is 0 Å². The molecule has 0 atom stereocenters. The topological polar surface area (TPSA) is 58.2 Å². The second-order valence-electron chi connectivity index (χ2n) is 4.46.